The van der Waals surface area contributed by atoms with Crippen molar-refractivity contribution >= 4 is 11.8 Å². The average Bonchev–Trinajstić information content (AvgIpc) is 2.41. The van der Waals surface area contributed by atoms with E-state index < -0.39 is 11.7 Å². The molecule has 5 heteroatoms. The first-order chi connectivity index (χ1) is 9.49. The van der Waals surface area contributed by atoms with E-state index in [2.05, 4.69) is 12.2 Å². The minimum atomic E-state index is -4.28. The van der Waals surface area contributed by atoms with E-state index in [4.69, 9.17) is 0 Å². The second kappa shape index (κ2) is 8.57. The Morgan fingerprint density at radius 1 is 1.15 bits per heavy atom. The van der Waals surface area contributed by atoms with Gasteiger partial charge in [0.15, 0.2) is 0 Å². The van der Waals surface area contributed by atoms with Crippen LogP contribution in [0, 0.1) is 0 Å². The number of hydrogen-bond acceptors (Lipinski definition) is 2. The highest BCUT2D eigenvalue weighted by Gasteiger charge is 2.33. The summed E-state index contributed by atoms with van der Waals surface area (Å²) in [5, 5.41) is 3.05. The van der Waals surface area contributed by atoms with Crippen molar-refractivity contribution in [2.75, 3.05) is 12.3 Å². The summed E-state index contributed by atoms with van der Waals surface area (Å²) in [5.74, 6) is 0.740. The quantitative estimate of drug-likeness (QED) is 0.530. The highest BCUT2D eigenvalue weighted by Crippen LogP contribution is 2.37. The van der Waals surface area contributed by atoms with Gasteiger partial charge >= 0.3 is 6.18 Å². The molecule has 0 bridgehead atoms. The van der Waals surface area contributed by atoms with Crippen molar-refractivity contribution in [1.29, 1.82) is 0 Å². The average molecular weight is 305 g/mol. The van der Waals surface area contributed by atoms with Gasteiger partial charge in [0, 0.05) is 11.4 Å². The van der Waals surface area contributed by atoms with Crippen LogP contribution in [0.2, 0.25) is 0 Å². The Balaban J connectivity index is 2.81. The zero-order valence-corrected chi connectivity index (χ0v) is 12.8. The molecule has 114 valence electrons. The van der Waals surface area contributed by atoms with Gasteiger partial charge < -0.3 is 5.32 Å². The second-order valence-electron chi connectivity index (χ2n) is 4.66. The zero-order valence-electron chi connectivity index (χ0n) is 12.0. The third kappa shape index (κ3) is 5.75. The summed E-state index contributed by atoms with van der Waals surface area (Å²) in [4.78, 5) is 0.342. The first-order valence-electron chi connectivity index (χ1n) is 7.02. The summed E-state index contributed by atoms with van der Waals surface area (Å²) in [5.41, 5.74) is 0.173. The summed E-state index contributed by atoms with van der Waals surface area (Å²) in [6.45, 7) is 5.24. The molecule has 0 aromatic heterocycles. The van der Waals surface area contributed by atoms with Crippen molar-refractivity contribution in [1.82, 2.24) is 5.32 Å². The zero-order chi connectivity index (χ0) is 15.0. The van der Waals surface area contributed by atoms with Crippen LogP contribution in [0.4, 0.5) is 13.2 Å². The lowest BCUT2D eigenvalue weighted by molar-refractivity contribution is -0.139. The van der Waals surface area contributed by atoms with Gasteiger partial charge in [-0.25, -0.2) is 0 Å². The molecule has 20 heavy (non-hydrogen) atoms. The van der Waals surface area contributed by atoms with E-state index in [9.17, 15) is 13.2 Å². The first-order valence-corrected chi connectivity index (χ1v) is 8.01. The number of thioether (sulfide) groups is 1. The van der Waals surface area contributed by atoms with Crippen molar-refractivity contribution in [3.8, 4) is 0 Å². The van der Waals surface area contributed by atoms with Crippen LogP contribution in [0.25, 0.3) is 0 Å². The summed E-state index contributed by atoms with van der Waals surface area (Å²) in [6.07, 6.45) is -1.19. The lowest BCUT2D eigenvalue weighted by Gasteiger charge is -2.14. The highest BCUT2D eigenvalue weighted by atomic mass is 32.2. The van der Waals surface area contributed by atoms with E-state index in [1.807, 2.05) is 6.92 Å². The molecule has 0 aliphatic carbocycles. The Kier molecular flexibility index (Phi) is 7.45. The summed E-state index contributed by atoms with van der Waals surface area (Å²) >= 11 is 1.31. The standard InChI is InChI=1S/C15H22F3NS/c1-3-5-6-9-20-14-8-7-12(11-19-4-2)10-13(14)15(16,17)18/h7-8,10,19H,3-6,9,11H2,1-2H3. The number of nitrogens with one attached hydrogen (secondary N) is 1. The minimum Gasteiger partial charge on any atom is -0.313 e. The SMILES string of the molecule is CCCCCSc1ccc(CNCC)cc1C(F)(F)F. The van der Waals surface area contributed by atoms with Crippen molar-refractivity contribution < 1.29 is 13.2 Å². The van der Waals surface area contributed by atoms with Crippen LogP contribution in [0.5, 0.6) is 0 Å². The fourth-order valence-electron chi connectivity index (χ4n) is 1.84. The molecule has 0 fully saturated rings. The maximum absolute atomic E-state index is 13.1. The van der Waals surface area contributed by atoms with Gasteiger partial charge in [-0.3, -0.25) is 0 Å². The lowest BCUT2D eigenvalue weighted by atomic mass is 10.1. The van der Waals surface area contributed by atoms with E-state index in [-0.39, 0.29) is 0 Å². The molecular formula is C15H22F3NS. The van der Waals surface area contributed by atoms with Gasteiger partial charge in [-0.05, 0) is 36.4 Å². The highest BCUT2D eigenvalue weighted by molar-refractivity contribution is 7.99. The van der Waals surface area contributed by atoms with Crippen molar-refractivity contribution in [2.24, 2.45) is 0 Å². The van der Waals surface area contributed by atoms with Gasteiger partial charge in [0.2, 0.25) is 0 Å². The Hall–Kier alpha value is -0.680. The fourth-order valence-corrected chi connectivity index (χ4v) is 2.90. The maximum atomic E-state index is 13.1. The molecule has 0 spiro atoms. The topological polar surface area (TPSA) is 12.0 Å². The minimum absolute atomic E-state index is 0.342. The van der Waals surface area contributed by atoms with Gasteiger partial charge in [-0.2, -0.15) is 13.2 Å². The van der Waals surface area contributed by atoms with Crippen molar-refractivity contribution in [2.45, 2.75) is 50.7 Å². The largest absolute Gasteiger partial charge is 0.417 e. The molecule has 0 saturated heterocycles. The maximum Gasteiger partial charge on any atom is 0.417 e. The van der Waals surface area contributed by atoms with Crippen molar-refractivity contribution in [3.05, 3.63) is 29.3 Å². The van der Waals surface area contributed by atoms with E-state index in [1.165, 1.54) is 17.8 Å². The molecule has 0 aliphatic heterocycles. The normalized spacial score (nSPS) is 11.8. The number of alkyl halides is 3. The van der Waals surface area contributed by atoms with Crippen LogP contribution in [0.15, 0.2) is 23.1 Å². The predicted octanol–water partition coefficient (Wildman–Crippen LogP) is 5.10. The molecule has 0 radical (unpaired) electrons. The fraction of sp³-hybridized carbons (Fsp3) is 0.600. The summed E-state index contributed by atoms with van der Waals surface area (Å²) < 4.78 is 39.3. The van der Waals surface area contributed by atoms with Gasteiger partial charge in [0.1, 0.15) is 0 Å². The Morgan fingerprint density at radius 3 is 2.50 bits per heavy atom. The number of benzene rings is 1. The van der Waals surface area contributed by atoms with Crippen LogP contribution in [0.1, 0.15) is 44.2 Å². The van der Waals surface area contributed by atoms with Gasteiger partial charge in [0.05, 0.1) is 5.56 Å². The molecule has 0 atom stereocenters. The summed E-state index contributed by atoms with van der Waals surface area (Å²) in [7, 11) is 0. The number of halogens is 3. The van der Waals surface area contributed by atoms with E-state index >= 15 is 0 Å². The molecule has 1 nitrogen and oxygen atoms in total. The molecule has 1 aromatic rings. The molecule has 0 saturated carbocycles. The van der Waals surface area contributed by atoms with Gasteiger partial charge in [0.25, 0.3) is 0 Å². The third-order valence-corrected chi connectivity index (χ3v) is 4.09. The number of hydrogen-bond donors (Lipinski definition) is 1. The molecule has 1 rings (SSSR count). The molecular weight excluding hydrogens is 283 g/mol. The Bertz CT molecular complexity index is 405. The van der Waals surface area contributed by atoms with Crippen LogP contribution in [-0.2, 0) is 12.7 Å². The Morgan fingerprint density at radius 2 is 1.90 bits per heavy atom. The number of rotatable bonds is 8. The smallest absolute Gasteiger partial charge is 0.313 e. The van der Waals surface area contributed by atoms with Crippen LogP contribution < -0.4 is 5.32 Å². The van der Waals surface area contributed by atoms with Gasteiger partial charge in [-0.1, -0.05) is 32.8 Å². The second-order valence-corrected chi connectivity index (χ2v) is 5.80. The molecule has 1 N–H and O–H groups in total. The Labute approximate surface area is 123 Å². The molecule has 1 aromatic carbocycles. The van der Waals surface area contributed by atoms with E-state index in [0.29, 0.717) is 17.0 Å². The van der Waals surface area contributed by atoms with Gasteiger partial charge in [-0.15, -0.1) is 11.8 Å². The lowest BCUT2D eigenvalue weighted by Crippen LogP contribution is -2.13. The molecule has 0 unspecified atom stereocenters. The first kappa shape index (κ1) is 17.4. The monoisotopic (exact) mass is 305 g/mol. The number of unbranched alkanes of at least 4 members (excludes halogenated alkanes) is 2. The van der Waals surface area contributed by atoms with Crippen molar-refractivity contribution in [3.63, 3.8) is 0 Å². The third-order valence-electron chi connectivity index (χ3n) is 2.93. The molecule has 0 aliphatic rings. The molecule has 0 heterocycles. The predicted molar refractivity (Wildman–Crippen MR) is 79.1 cm³/mol. The van der Waals surface area contributed by atoms with Crippen LogP contribution in [0.3, 0.4) is 0 Å². The van der Waals surface area contributed by atoms with Crippen LogP contribution in [-0.4, -0.2) is 12.3 Å². The van der Waals surface area contributed by atoms with E-state index in [0.717, 1.165) is 31.6 Å². The van der Waals surface area contributed by atoms with E-state index in [1.54, 1.807) is 12.1 Å². The van der Waals surface area contributed by atoms with Crippen LogP contribution >= 0.6 is 11.8 Å². The molecule has 0 amide bonds. The summed E-state index contributed by atoms with van der Waals surface area (Å²) in [6, 6.07) is 4.65.